The van der Waals surface area contributed by atoms with E-state index >= 15 is 0 Å². The standard InChI is InChI=1S/C3H7BCl2O2/c5-3(6)1-2-4(7)8/h3,7-8H,1-2H2. The maximum Gasteiger partial charge on any atom is 0.451 e. The largest absolute Gasteiger partial charge is 0.451 e. The number of halogens is 2. The molecule has 8 heavy (non-hydrogen) atoms. The van der Waals surface area contributed by atoms with E-state index in [1.807, 2.05) is 0 Å². The second-order valence-corrected chi connectivity index (χ2v) is 2.73. The Morgan fingerprint density at radius 2 is 1.88 bits per heavy atom. The molecule has 0 heterocycles. The lowest BCUT2D eigenvalue weighted by atomic mass is 9.85. The maximum absolute atomic E-state index is 8.24. The van der Waals surface area contributed by atoms with E-state index in [0.29, 0.717) is 6.42 Å². The van der Waals surface area contributed by atoms with Gasteiger partial charge in [0, 0.05) is 0 Å². The first-order valence-electron chi connectivity index (χ1n) is 2.27. The van der Waals surface area contributed by atoms with E-state index in [0.717, 1.165) is 0 Å². The van der Waals surface area contributed by atoms with Gasteiger partial charge in [0.1, 0.15) is 4.84 Å². The molecule has 0 aliphatic carbocycles. The van der Waals surface area contributed by atoms with Crippen molar-refractivity contribution in [3.05, 3.63) is 0 Å². The van der Waals surface area contributed by atoms with Gasteiger partial charge in [0.15, 0.2) is 0 Å². The van der Waals surface area contributed by atoms with Crippen molar-refractivity contribution in [2.24, 2.45) is 0 Å². The van der Waals surface area contributed by atoms with Crippen LogP contribution in [0.15, 0.2) is 0 Å². The molecule has 2 nitrogen and oxygen atoms in total. The van der Waals surface area contributed by atoms with E-state index in [9.17, 15) is 0 Å². The van der Waals surface area contributed by atoms with Gasteiger partial charge in [0.2, 0.25) is 0 Å². The minimum absolute atomic E-state index is 0.234. The minimum Gasteiger partial charge on any atom is -0.427 e. The topological polar surface area (TPSA) is 40.5 Å². The summed E-state index contributed by atoms with van der Waals surface area (Å²) in [4.78, 5) is -0.489. The monoisotopic (exact) mass is 156 g/mol. The summed E-state index contributed by atoms with van der Waals surface area (Å²) in [6.07, 6.45) is 0.651. The van der Waals surface area contributed by atoms with Crippen LogP contribution in [0.3, 0.4) is 0 Å². The molecule has 0 aromatic heterocycles. The Hall–Kier alpha value is 0.565. The van der Waals surface area contributed by atoms with E-state index in [4.69, 9.17) is 33.2 Å². The molecule has 48 valence electrons. The molecule has 0 aliphatic heterocycles. The third kappa shape index (κ3) is 6.56. The SMILES string of the molecule is OB(O)CCC(Cl)Cl. The molecule has 0 fully saturated rings. The van der Waals surface area contributed by atoms with Gasteiger partial charge < -0.3 is 10.0 Å². The van der Waals surface area contributed by atoms with Crippen molar-refractivity contribution in [3.8, 4) is 0 Å². The second-order valence-electron chi connectivity index (χ2n) is 1.45. The van der Waals surface area contributed by atoms with Crippen molar-refractivity contribution in [3.63, 3.8) is 0 Å². The fraction of sp³-hybridized carbons (Fsp3) is 1.00. The zero-order valence-electron chi connectivity index (χ0n) is 4.22. The molecule has 0 spiro atoms. The van der Waals surface area contributed by atoms with E-state index in [1.54, 1.807) is 0 Å². The predicted octanol–water partition coefficient (Wildman–Crippen LogP) is 0.653. The van der Waals surface area contributed by atoms with Crippen LogP contribution < -0.4 is 0 Å². The van der Waals surface area contributed by atoms with Crippen LogP contribution in [0.4, 0.5) is 0 Å². The van der Waals surface area contributed by atoms with E-state index in [2.05, 4.69) is 0 Å². The minimum atomic E-state index is -1.28. The van der Waals surface area contributed by atoms with Gasteiger partial charge in [-0.3, -0.25) is 0 Å². The van der Waals surface area contributed by atoms with Crippen LogP contribution in [0.5, 0.6) is 0 Å². The first-order valence-corrected chi connectivity index (χ1v) is 3.14. The van der Waals surface area contributed by atoms with E-state index < -0.39 is 12.0 Å². The third-order valence-electron chi connectivity index (χ3n) is 0.643. The Morgan fingerprint density at radius 1 is 1.38 bits per heavy atom. The quantitative estimate of drug-likeness (QED) is 0.466. The van der Waals surface area contributed by atoms with Crippen LogP contribution in [0.2, 0.25) is 6.32 Å². The lowest BCUT2D eigenvalue weighted by molar-refractivity contribution is 0.404. The summed E-state index contributed by atoms with van der Waals surface area (Å²) in [5, 5.41) is 16.5. The summed E-state index contributed by atoms with van der Waals surface area (Å²) in [5.41, 5.74) is 0. The van der Waals surface area contributed by atoms with Crippen molar-refractivity contribution in [2.75, 3.05) is 0 Å². The molecule has 0 aromatic carbocycles. The van der Waals surface area contributed by atoms with Crippen molar-refractivity contribution >= 4 is 30.3 Å². The van der Waals surface area contributed by atoms with Gasteiger partial charge in [-0.05, 0) is 12.7 Å². The number of alkyl halides is 2. The highest BCUT2D eigenvalue weighted by Crippen LogP contribution is 2.09. The molecule has 0 aromatic rings. The molecule has 0 bridgehead atoms. The zero-order valence-corrected chi connectivity index (χ0v) is 5.73. The number of hydrogen-bond donors (Lipinski definition) is 2. The summed E-state index contributed by atoms with van der Waals surface area (Å²) in [5.74, 6) is 0. The molecule has 0 radical (unpaired) electrons. The second kappa shape index (κ2) is 4.44. The van der Waals surface area contributed by atoms with Crippen molar-refractivity contribution in [2.45, 2.75) is 17.6 Å². The highest BCUT2D eigenvalue weighted by molar-refractivity contribution is 6.45. The molecule has 0 saturated carbocycles. The molecule has 2 N–H and O–H groups in total. The Bertz CT molecular complexity index is 51.2. The first-order chi connectivity index (χ1) is 3.63. The molecular weight excluding hydrogens is 150 g/mol. The van der Waals surface area contributed by atoms with Gasteiger partial charge in [-0.25, -0.2) is 0 Å². The molecule has 0 rings (SSSR count). The van der Waals surface area contributed by atoms with Gasteiger partial charge >= 0.3 is 7.12 Å². The van der Waals surface area contributed by atoms with E-state index in [-0.39, 0.29) is 6.32 Å². The Kier molecular flexibility index (Phi) is 4.76. The summed E-state index contributed by atoms with van der Waals surface area (Å²) >= 11 is 10.5. The van der Waals surface area contributed by atoms with Crippen molar-refractivity contribution < 1.29 is 10.0 Å². The van der Waals surface area contributed by atoms with Gasteiger partial charge in [-0.15, -0.1) is 23.2 Å². The Morgan fingerprint density at radius 3 is 2.00 bits per heavy atom. The summed E-state index contributed by atoms with van der Waals surface area (Å²) in [6.45, 7) is 0. The molecule has 0 amide bonds. The van der Waals surface area contributed by atoms with Crippen LogP contribution in [0.1, 0.15) is 6.42 Å². The van der Waals surface area contributed by atoms with Gasteiger partial charge in [-0.2, -0.15) is 0 Å². The highest BCUT2D eigenvalue weighted by atomic mass is 35.5. The molecule has 5 heteroatoms. The van der Waals surface area contributed by atoms with Crippen LogP contribution in [0, 0.1) is 0 Å². The Labute approximate surface area is 58.6 Å². The van der Waals surface area contributed by atoms with E-state index in [1.165, 1.54) is 0 Å². The fourth-order valence-electron chi connectivity index (χ4n) is 0.275. The first kappa shape index (κ1) is 8.56. The molecular formula is C3H7BCl2O2. The van der Waals surface area contributed by atoms with Gasteiger partial charge in [-0.1, -0.05) is 0 Å². The number of hydrogen-bond acceptors (Lipinski definition) is 2. The predicted molar refractivity (Wildman–Crippen MR) is 35.1 cm³/mol. The molecule has 0 saturated heterocycles. The molecule has 0 unspecified atom stereocenters. The Balaban J connectivity index is 2.93. The molecule has 0 atom stereocenters. The third-order valence-corrected chi connectivity index (χ3v) is 1.08. The maximum atomic E-state index is 8.24. The molecule has 0 aliphatic rings. The summed E-state index contributed by atoms with van der Waals surface area (Å²) < 4.78 is 0. The lowest BCUT2D eigenvalue weighted by Gasteiger charge is -1.97. The summed E-state index contributed by atoms with van der Waals surface area (Å²) in [7, 11) is -1.28. The van der Waals surface area contributed by atoms with Crippen molar-refractivity contribution in [1.82, 2.24) is 0 Å². The van der Waals surface area contributed by atoms with Crippen LogP contribution in [-0.2, 0) is 0 Å². The van der Waals surface area contributed by atoms with Gasteiger partial charge in [0.25, 0.3) is 0 Å². The summed E-state index contributed by atoms with van der Waals surface area (Å²) in [6, 6.07) is 0. The fourth-order valence-corrected chi connectivity index (χ4v) is 0.527. The van der Waals surface area contributed by atoms with Gasteiger partial charge in [0.05, 0.1) is 0 Å². The zero-order chi connectivity index (χ0) is 6.57. The van der Waals surface area contributed by atoms with Crippen LogP contribution in [0.25, 0.3) is 0 Å². The smallest absolute Gasteiger partial charge is 0.427 e. The lowest BCUT2D eigenvalue weighted by Crippen LogP contribution is -2.10. The normalized spacial score (nSPS) is 10.1. The average molecular weight is 157 g/mol. The number of rotatable bonds is 3. The highest BCUT2D eigenvalue weighted by Gasteiger charge is 2.08. The average Bonchev–Trinajstić information content (AvgIpc) is 1.61. The van der Waals surface area contributed by atoms with Crippen molar-refractivity contribution in [1.29, 1.82) is 0 Å². The van der Waals surface area contributed by atoms with Crippen LogP contribution in [-0.4, -0.2) is 22.0 Å². The van der Waals surface area contributed by atoms with Crippen LogP contribution >= 0.6 is 23.2 Å².